The Balaban J connectivity index is 1.69. The van der Waals surface area contributed by atoms with E-state index in [1.165, 1.54) is 0 Å². The zero-order valence-corrected chi connectivity index (χ0v) is 14.8. The normalized spacial score (nSPS) is 18.0. The Morgan fingerprint density at radius 1 is 1.33 bits per heavy atom. The van der Waals surface area contributed by atoms with E-state index >= 15 is 0 Å². The molecule has 0 saturated carbocycles. The number of hydrogen-bond acceptors (Lipinski definition) is 4. The van der Waals surface area contributed by atoms with Crippen molar-refractivity contribution < 1.29 is 9.53 Å². The summed E-state index contributed by atoms with van der Waals surface area (Å²) in [5.41, 5.74) is 1.62. The van der Waals surface area contributed by atoms with Gasteiger partial charge < -0.3 is 14.5 Å². The summed E-state index contributed by atoms with van der Waals surface area (Å²) in [4.78, 5) is 20.7. The second-order valence-electron chi connectivity index (χ2n) is 7.37. The molecule has 0 aliphatic carbocycles. The van der Waals surface area contributed by atoms with Crippen LogP contribution in [0.4, 0.5) is 10.5 Å². The van der Waals surface area contributed by atoms with Crippen LogP contribution in [0.5, 0.6) is 0 Å². The molecular weight excluding hydrogens is 302 g/mol. The summed E-state index contributed by atoms with van der Waals surface area (Å²) >= 11 is 0. The first-order chi connectivity index (χ1) is 11.3. The maximum atomic E-state index is 12.2. The zero-order chi connectivity index (χ0) is 17.3. The maximum Gasteiger partial charge on any atom is 0.410 e. The van der Waals surface area contributed by atoms with Crippen molar-refractivity contribution in [2.45, 2.75) is 38.8 Å². The maximum absolute atomic E-state index is 12.2. The predicted molar refractivity (Wildman–Crippen MR) is 96.4 cm³/mol. The second kappa shape index (κ2) is 6.30. The van der Waals surface area contributed by atoms with Crippen molar-refractivity contribution in [3.63, 3.8) is 0 Å². The van der Waals surface area contributed by atoms with E-state index in [0.29, 0.717) is 6.54 Å². The lowest BCUT2D eigenvalue weighted by Crippen LogP contribution is -2.39. The lowest BCUT2D eigenvalue weighted by Gasteiger charge is -2.28. The number of carbonyl (C=O) groups is 1. The van der Waals surface area contributed by atoms with Gasteiger partial charge in [-0.15, -0.1) is 0 Å². The highest BCUT2D eigenvalue weighted by Crippen LogP contribution is 2.25. The van der Waals surface area contributed by atoms with Crippen molar-refractivity contribution in [2.24, 2.45) is 0 Å². The number of amides is 1. The number of likely N-dealkylation sites (tertiary alicyclic amines) is 1. The van der Waals surface area contributed by atoms with E-state index in [1.807, 2.05) is 45.2 Å². The van der Waals surface area contributed by atoms with Gasteiger partial charge in [0.05, 0.1) is 17.4 Å². The molecule has 0 radical (unpaired) electrons. The Morgan fingerprint density at radius 3 is 2.83 bits per heavy atom. The third-order valence-electron chi connectivity index (χ3n) is 4.35. The third-order valence-corrected chi connectivity index (χ3v) is 4.35. The van der Waals surface area contributed by atoms with Crippen LogP contribution in [-0.4, -0.2) is 47.8 Å². The van der Waals surface area contributed by atoms with Crippen LogP contribution in [0.25, 0.3) is 10.9 Å². The van der Waals surface area contributed by atoms with Crippen LogP contribution in [0.1, 0.15) is 27.2 Å². The van der Waals surface area contributed by atoms with E-state index < -0.39 is 5.60 Å². The smallest absolute Gasteiger partial charge is 0.410 e. The number of fused-ring (bicyclic) bond motifs is 1. The van der Waals surface area contributed by atoms with Crippen LogP contribution >= 0.6 is 0 Å². The fraction of sp³-hybridized carbons (Fsp3) is 0.474. The fourth-order valence-electron chi connectivity index (χ4n) is 3.01. The van der Waals surface area contributed by atoms with Crippen LogP contribution in [0.3, 0.4) is 0 Å². The fourth-order valence-corrected chi connectivity index (χ4v) is 3.01. The summed E-state index contributed by atoms with van der Waals surface area (Å²) in [5, 5.41) is 1.13. The molecule has 5 heteroatoms. The number of para-hydroxylation sites is 1. The zero-order valence-electron chi connectivity index (χ0n) is 14.8. The van der Waals surface area contributed by atoms with Crippen molar-refractivity contribution in [1.29, 1.82) is 0 Å². The molecule has 1 fully saturated rings. The first-order valence-corrected chi connectivity index (χ1v) is 8.39. The summed E-state index contributed by atoms with van der Waals surface area (Å²) < 4.78 is 5.47. The number of carbonyl (C=O) groups excluding carboxylic acids is 1. The van der Waals surface area contributed by atoms with Gasteiger partial charge in [-0.05, 0) is 39.3 Å². The quantitative estimate of drug-likeness (QED) is 0.844. The Hall–Kier alpha value is -2.30. The van der Waals surface area contributed by atoms with Gasteiger partial charge in [0.1, 0.15) is 5.60 Å². The first-order valence-electron chi connectivity index (χ1n) is 8.39. The Kier molecular flexibility index (Phi) is 4.35. The molecule has 0 N–H and O–H groups in total. The highest BCUT2D eigenvalue weighted by Gasteiger charge is 2.31. The van der Waals surface area contributed by atoms with Gasteiger partial charge in [-0.1, -0.05) is 18.2 Å². The van der Waals surface area contributed by atoms with Crippen molar-refractivity contribution in [1.82, 2.24) is 9.88 Å². The molecule has 2 heterocycles. The van der Waals surface area contributed by atoms with Crippen LogP contribution < -0.4 is 4.90 Å². The number of aromatic nitrogens is 1. The molecule has 0 unspecified atom stereocenters. The van der Waals surface area contributed by atoms with Gasteiger partial charge in [-0.2, -0.15) is 0 Å². The number of rotatable bonds is 2. The predicted octanol–water partition coefficient (Wildman–Crippen LogP) is 3.68. The Bertz CT molecular complexity index is 739. The molecule has 1 aliphatic heterocycles. The minimum absolute atomic E-state index is 0.227. The summed E-state index contributed by atoms with van der Waals surface area (Å²) in [7, 11) is 2.06. The summed E-state index contributed by atoms with van der Waals surface area (Å²) in [6.07, 6.45) is 2.61. The van der Waals surface area contributed by atoms with Crippen LogP contribution in [0.2, 0.25) is 0 Å². The van der Waals surface area contributed by atoms with Crippen molar-refractivity contribution in [2.75, 3.05) is 25.0 Å². The van der Waals surface area contributed by atoms with Gasteiger partial charge in [0.2, 0.25) is 0 Å². The number of ether oxygens (including phenoxy) is 1. The standard InChI is InChI=1S/C19H25N3O2/c1-19(2,3)24-18(23)22-10-9-15(13-22)21(4)16-11-14-7-5-6-8-17(14)20-12-16/h5-8,11-12,15H,9-10,13H2,1-4H3/t15-/m0/s1. The van der Waals surface area contributed by atoms with Gasteiger partial charge in [0, 0.05) is 31.6 Å². The number of pyridine rings is 1. The van der Waals surface area contributed by atoms with Gasteiger partial charge in [-0.3, -0.25) is 4.98 Å². The molecule has 1 aliphatic rings. The minimum Gasteiger partial charge on any atom is -0.444 e. The number of likely N-dealkylation sites (N-methyl/N-ethyl adjacent to an activating group) is 1. The highest BCUT2D eigenvalue weighted by atomic mass is 16.6. The van der Waals surface area contributed by atoms with Crippen molar-refractivity contribution >= 4 is 22.7 Å². The second-order valence-corrected chi connectivity index (χ2v) is 7.37. The van der Waals surface area contributed by atoms with E-state index in [2.05, 4.69) is 29.1 Å². The van der Waals surface area contributed by atoms with Gasteiger partial charge in [0.15, 0.2) is 0 Å². The largest absolute Gasteiger partial charge is 0.444 e. The van der Waals surface area contributed by atoms with Crippen molar-refractivity contribution in [3.05, 3.63) is 36.5 Å². The highest BCUT2D eigenvalue weighted by molar-refractivity contribution is 5.81. The topological polar surface area (TPSA) is 45.7 Å². The molecule has 24 heavy (non-hydrogen) atoms. The molecule has 1 atom stereocenters. The average molecular weight is 327 g/mol. The van der Waals surface area contributed by atoms with E-state index in [1.54, 1.807) is 4.90 Å². The van der Waals surface area contributed by atoms with Gasteiger partial charge >= 0.3 is 6.09 Å². The first kappa shape index (κ1) is 16.6. The molecule has 1 amide bonds. The molecule has 1 saturated heterocycles. The molecule has 0 spiro atoms. The molecule has 1 aromatic carbocycles. The molecule has 1 aromatic heterocycles. The summed E-state index contributed by atoms with van der Waals surface area (Å²) in [5.74, 6) is 0. The van der Waals surface area contributed by atoms with Crippen molar-refractivity contribution in [3.8, 4) is 0 Å². The van der Waals surface area contributed by atoms with E-state index in [9.17, 15) is 4.79 Å². The van der Waals surface area contributed by atoms with E-state index in [0.717, 1.165) is 29.6 Å². The van der Waals surface area contributed by atoms with Gasteiger partial charge in [-0.25, -0.2) is 4.79 Å². The summed E-state index contributed by atoms with van der Waals surface area (Å²) in [6, 6.07) is 10.5. The van der Waals surface area contributed by atoms with Gasteiger partial charge in [0.25, 0.3) is 0 Å². The van der Waals surface area contributed by atoms with E-state index in [4.69, 9.17) is 4.74 Å². The monoisotopic (exact) mass is 327 g/mol. The number of hydrogen-bond donors (Lipinski definition) is 0. The molecule has 128 valence electrons. The SMILES string of the molecule is CN(c1cnc2ccccc2c1)[C@H]1CCN(C(=O)OC(C)(C)C)C1. The third kappa shape index (κ3) is 3.61. The minimum atomic E-state index is -0.455. The van der Waals surface area contributed by atoms with Crippen LogP contribution in [0, 0.1) is 0 Å². The lowest BCUT2D eigenvalue weighted by molar-refractivity contribution is 0.0292. The summed E-state index contributed by atoms with van der Waals surface area (Å²) in [6.45, 7) is 7.09. The molecular formula is C19H25N3O2. The number of benzene rings is 1. The average Bonchev–Trinajstić information content (AvgIpc) is 3.02. The Labute approximate surface area is 143 Å². The molecule has 3 rings (SSSR count). The number of anilines is 1. The lowest BCUT2D eigenvalue weighted by atomic mass is 10.1. The van der Waals surface area contributed by atoms with Crippen LogP contribution in [-0.2, 0) is 4.74 Å². The van der Waals surface area contributed by atoms with Crippen LogP contribution in [0.15, 0.2) is 36.5 Å². The molecule has 0 bridgehead atoms. The molecule has 5 nitrogen and oxygen atoms in total. The number of nitrogens with zero attached hydrogens (tertiary/aromatic N) is 3. The Morgan fingerprint density at radius 2 is 2.08 bits per heavy atom. The molecule has 2 aromatic rings. The van der Waals surface area contributed by atoms with E-state index in [-0.39, 0.29) is 12.1 Å².